The van der Waals surface area contributed by atoms with Gasteiger partial charge in [0.15, 0.2) is 11.6 Å². The van der Waals surface area contributed by atoms with Gasteiger partial charge < -0.3 is 19.1 Å². The molecule has 0 N–H and O–H groups in total. The second kappa shape index (κ2) is 6.49. The first-order valence-electron chi connectivity index (χ1n) is 8.73. The lowest BCUT2D eigenvalue weighted by atomic mass is 10.1. The van der Waals surface area contributed by atoms with Gasteiger partial charge >= 0.3 is 5.97 Å². The Bertz CT molecular complexity index is 983. The van der Waals surface area contributed by atoms with Crippen molar-refractivity contribution in [1.29, 1.82) is 0 Å². The van der Waals surface area contributed by atoms with Crippen molar-refractivity contribution >= 4 is 22.6 Å². The average Bonchev–Trinajstić information content (AvgIpc) is 2.66. The molecule has 0 radical (unpaired) electrons. The third kappa shape index (κ3) is 2.73. The minimum Gasteiger partial charge on any atom is -0.487 e. The van der Waals surface area contributed by atoms with E-state index in [0.29, 0.717) is 24.3 Å². The maximum Gasteiger partial charge on any atom is 0.384 e. The first kappa shape index (κ1) is 17.7. The fraction of sp³-hybridized carbons (Fsp3) is 0.444. The molecule has 0 saturated carbocycles. The maximum absolute atomic E-state index is 15.0. The van der Waals surface area contributed by atoms with Crippen LogP contribution in [0.1, 0.15) is 23.3 Å². The minimum atomic E-state index is -1.39. The van der Waals surface area contributed by atoms with Gasteiger partial charge in [0.1, 0.15) is 17.9 Å². The van der Waals surface area contributed by atoms with Crippen LogP contribution < -0.4 is 15.1 Å². The number of benzene rings is 1. The number of pyridine rings is 1. The number of hydrogen-bond donors (Lipinski definition) is 0. The van der Waals surface area contributed by atoms with E-state index >= 15 is 4.39 Å². The van der Waals surface area contributed by atoms with Gasteiger partial charge in [0.25, 0.3) is 0 Å². The number of halogens is 2. The summed E-state index contributed by atoms with van der Waals surface area (Å²) in [7, 11) is 2.00. The van der Waals surface area contributed by atoms with E-state index in [4.69, 9.17) is 4.74 Å². The van der Waals surface area contributed by atoms with Crippen LogP contribution in [0.25, 0.3) is 10.9 Å². The summed E-state index contributed by atoms with van der Waals surface area (Å²) in [6.07, 6.45) is 1.26. The number of aromatic nitrogens is 1. The molecule has 7 nitrogen and oxygen atoms in total. The zero-order valence-electron chi connectivity index (χ0n) is 15.0. The van der Waals surface area contributed by atoms with E-state index in [1.54, 1.807) is 4.57 Å². The summed E-state index contributed by atoms with van der Waals surface area (Å²) < 4.78 is 34.9. The number of rotatable bonds is 2. The van der Waals surface area contributed by atoms with Crippen LogP contribution in [0, 0.1) is 5.82 Å². The lowest BCUT2D eigenvalue weighted by molar-refractivity contribution is -0.0789. The molecule has 9 heteroatoms. The zero-order valence-corrected chi connectivity index (χ0v) is 15.0. The first-order chi connectivity index (χ1) is 12.9. The predicted molar refractivity (Wildman–Crippen MR) is 94.6 cm³/mol. The molecule has 144 valence electrons. The monoisotopic (exact) mass is 379 g/mol. The van der Waals surface area contributed by atoms with E-state index in [1.165, 1.54) is 6.20 Å². The molecule has 1 atom stereocenters. The number of carbonyl (C=O) groups is 1. The Morgan fingerprint density at radius 1 is 1.30 bits per heavy atom. The van der Waals surface area contributed by atoms with Gasteiger partial charge in [-0.15, -0.1) is 0 Å². The molecule has 1 aromatic carbocycles. The summed E-state index contributed by atoms with van der Waals surface area (Å²) in [5.41, 5.74) is -0.538. The van der Waals surface area contributed by atoms with Crippen LogP contribution in [0.15, 0.2) is 17.1 Å². The molecule has 0 amide bonds. The van der Waals surface area contributed by atoms with Crippen molar-refractivity contribution in [1.82, 2.24) is 9.47 Å². The highest BCUT2D eigenvalue weighted by Crippen LogP contribution is 2.42. The van der Waals surface area contributed by atoms with Crippen molar-refractivity contribution in [2.45, 2.75) is 13.0 Å². The van der Waals surface area contributed by atoms with Crippen molar-refractivity contribution in [2.24, 2.45) is 0 Å². The number of ether oxygens (including phenoxy) is 1. The molecule has 1 fully saturated rings. The third-order valence-electron chi connectivity index (χ3n) is 5.25. The van der Waals surface area contributed by atoms with E-state index in [9.17, 15) is 14.1 Å². The van der Waals surface area contributed by atoms with Crippen molar-refractivity contribution in [3.8, 4) is 5.75 Å². The van der Waals surface area contributed by atoms with Crippen LogP contribution >= 0.6 is 0 Å². The lowest BCUT2D eigenvalue weighted by Crippen LogP contribution is -2.45. The minimum absolute atomic E-state index is 0.0326. The Morgan fingerprint density at radius 2 is 2.00 bits per heavy atom. The van der Waals surface area contributed by atoms with E-state index in [2.05, 4.69) is 9.84 Å². The lowest BCUT2D eigenvalue weighted by Gasteiger charge is -2.37. The summed E-state index contributed by atoms with van der Waals surface area (Å²) >= 11 is 0. The van der Waals surface area contributed by atoms with Crippen molar-refractivity contribution < 1.29 is 23.4 Å². The standard InChI is InChI=1S/C18H19F2N3O4/c1-10-9-26-17-14-11(16(24)12(8-23(10)14)18(25)27-20)7-13(19)15(17)22-5-3-21(2)4-6-22/h7-8,10H,3-6,9H2,1-2H3. The molecule has 1 saturated heterocycles. The maximum atomic E-state index is 15.0. The van der Waals surface area contributed by atoms with E-state index in [0.717, 1.165) is 19.2 Å². The van der Waals surface area contributed by atoms with Gasteiger partial charge in [0, 0.05) is 36.9 Å². The van der Waals surface area contributed by atoms with Gasteiger partial charge in [-0.1, -0.05) is 0 Å². The molecule has 0 aliphatic carbocycles. The molecule has 0 spiro atoms. The highest BCUT2D eigenvalue weighted by atomic mass is 19.3. The van der Waals surface area contributed by atoms with Crippen molar-refractivity contribution in [3.05, 3.63) is 33.9 Å². The van der Waals surface area contributed by atoms with Crippen molar-refractivity contribution in [3.63, 3.8) is 0 Å². The highest BCUT2D eigenvalue weighted by Gasteiger charge is 2.31. The summed E-state index contributed by atoms with van der Waals surface area (Å²) in [5, 5.41) is -0.0326. The first-order valence-corrected chi connectivity index (χ1v) is 8.73. The highest BCUT2D eigenvalue weighted by molar-refractivity contribution is 5.97. The normalized spacial score (nSPS) is 19.9. The molecule has 27 heavy (non-hydrogen) atoms. The van der Waals surface area contributed by atoms with Crippen LogP contribution in [-0.4, -0.2) is 55.3 Å². The molecular weight excluding hydrogens is 360 g/mol. The second-order valence-electron chi connectivity index (χ2n) is 7.03. The SMILES string of the molecule is CC1COc2c(N3CCN(C)CC3)c(F)cc3c(=O)c(C(=O)OF)cn1c23. The van der Waals surface area contributed by atoms with Gasteiger partial charge in [-0.05, 0) is 20.0 Å². The fourth-order valence-electron chi connectivity index (χ4n) is 3.72. The van der Waals surface area contributed by atoms with Crippen LogP contribution in [0.4, 0.5) is 14.6 Å². The van der Waals surface area contributed by atoms with Gasteiger partial charge in [-0.2, -0.15) is 0 Å². The number of carbonyl (C=O) groups excluding carboxylic acids is 1. The fourth-order valence-corrected chi connectivity index (χ4v) is 3.72. The Balaban J connectivity index is 1.99. The number of piperazine rings is 1. The summed E-state index contributed by atoms with van der Waals surface area (Å²) in [5.74, 6) is -1.72. The smallest absolute Gasteiger partial charge is 0.384 e. The number of hydrogen-bond acceptors (Lipinski definition) is 6. The van der Waals surface area contributed by atoms with Crippen molar-refractivity contribution in [2.75, 3.05) is 44.7 Å². The molecule has 3 heterocycles. The van der Waals surface area contributed by atoms with E-state index in [-0.39, 0.29) is 23.8 Å². The van der Waals surface area contributed by atoms with Gasteiger partial charge in [0.05, 0.1) is 16.9 Å². The molecule has 2 aliphatic heterocycles. The molecule has 1 unspecified atom stereocenters. The Morgan fingerprint density at radius 3 is 2.67 bits per heavy atom. The quantitative estimate of drug-likeness (QED) is 0.794. The average molecular weight is 379 g/mol. The van der Waals surface area contributed by atoms with Crippen LogP contribution in [-0.2, 0) is 4.94 Å². The Kier molecular flexibility index (Phi) is 4.26. The predicted octanol–water partition coefficient (Wildman–Crippen LogP) is 1.89. The van der Waals surface area contributed by atoms with Crippen LogP contribution in [0.2, 0.25) is 0 Å². The van der Waals surface area contributed by atoms with Crippen LogP contribution in [0.5, 0.6) is 5.75 Å². The Hall–Kier alpha value is -2.68. The Labute approximate surface area is 153 Å². The number of likely N-dealkylation sites (N-methyl/N-ethyl adjacent to an activating group) is 1. The van der Waals surface area contributed by atoms with Gasteiger partial charge in [-0.25, -0.2) is 14.1 Å². The molecule has 4 rings (SSSR count). The molecule has 0 bridgehead atoms. The summed E-state index contributed by atoms with van der Waals surface area (Å²) in [6, 6.07) is 0.874. The van der Waals surface area contributed by atoms with Gasteiger partial charge in [-0.3, -0.25) is 4.79 Å². The number of nitrogens with zero attached hydrogens (tertiary/aromatic N) is 3. The largest absolute Gasteiger partial charge is 0.487 e. The molecule has 2 aromatic rings. The van der Waals surface area contributed by atoms with Gasteiger partial charge in [0.2, 0.25) is 5.43 Å². The zero-order chi connectivity index (χ0) is 19.3. The number of anilines is 1. The topological polar surface area (TPSA) is 64.0 Å². The summed E-state index contributed by atoms with van der Waals surface area (Å²) in [4.78, 5) is 31.5. The molecular formula is C18H19F2N3O4. The van der Waals surface area contributed by atoms with E-state index < -0.39 is 22.8 Å². The third-order valence-corrected chi connectivity index (χ3v) is 5.25. The molecule has 2 aliphatic rings. The van der Waals surface area contributed by atoms with E-state index in [1.807, 2.05) is 18.9 Å². The summed E-state index contributed by atoms with van der Waals surface area (Å²) in [6.45, 7) is 4.88. The van der Waals surface area contributed by atoms with Crippen LogP contribution in [0.3, 0.4) is 0 Å². The second-order valence-corrected chi connectivity index (χ2v) is 7.03. The molecule has 1 aromatic heterocycles.